The quantitative estimate of drug-likeness (QED) is 0.279. The molecule has 40 heavy (non-hydrogen) atoms. The minimum absolute atomic E-state index is 0.144. The van der Waals surface area contributed by atoms with Gasteiger partial charge >= 0.3 is 0 Å². The van der Waals surface area contributed by atoms with Crippen molar-refractivity contribution in [3.05, 3.63) is 111 Å². The highest BCUT2D eigenvalue weighted by Crippen LogP contribution is 2.35. The Balaban J connectivity index is 1.52. The number of tetrazole rings is 1. The molecule has 1 aliphatic carbocycles. The fourth-order valence-corrected chi connectivity index (χ4v) is 5.75. The van der Waals surface area contributed by atoms with Gasteiger partial charge in [-0.2, -0.15) is 0 Å². The minimum Gasteiger partial charge on any atom is -0.497 e. The minimum atomic E-state index is -0.493. The molecule has 0 aliphatic heterocycles. The number of fused-ring (bicyclic) bond motifs is 1. The van der Waals surface area contributed by atoms with Crippen LogP contribution in [0.3, 0.4) is 0 Å². The first-order valence-electron chi connectivity index (χ1n) is 13.8. The zero-order chi connectivity index (χ0) is 27.5. The van der Waals surface area contributed by atoms with E-state index in [1.807, 2.05) is 48.1 Å². The van der Waals surface area contributed by atoms with Crippen LogP contribution >= 0.6 is 0 Å². The number of pyridine rings is 2. The molecule has 3 aromatic heterocycles. The maximum atomic E-state index is 13.8. The van der Waals surface area contributed by atoms with Crippen molar-refractivity contribution in [2.45, 2.75) is 57.8 Å². The van der Waals surface area contributed by atoms with Gasteiger partial charge in [0.2, 0.25) is 0 Å². The molecule has 9 nitrogen and oxygen atoms in total. The van der Waals surface area contributed by atoms with Crippen molar-refractivity contribution in [1.29, 1.82) is 0 Å². The average Bonchev–Trinajstić information content (AvgIpc) is 3.67. The first-order valence-corrected chi connectivity index (χ1v) is 13.8. The summed E-state index contributed by atoms with van der Waals surface area (Å²) in [6.45, 7) is 3.13. The number of ether oxygens (including phenoxy) is 1. The van der Waals surface area contributed by atoms with E-state index in [2.05, 4.69) is 60.7 Å². The second-order valence-electron chi connectivity index (χ2n) is 10.6. The van der Waals surface area contributed by atoms with E-state index < -0.39 is 6.04 Å². The lowest BCUT2D eigenvalue weighted by Gasteiger charge is -2.32. The Labute approximate surface area is 232 Å². The molecule has 1 aliphatic rings. The molecule has 0 bridgehead atoms. The summed E-state index contributed by atoms with van der Waals surface area (Å²) in [5.74, 6) is 1.48. The van der Waals surface area contributed by atoms with Gasteiger partial charge in [-0.25, -0.2) is 4.68 Å². The third-order valence-electron chi connectivity index (χ3n) is 7.78. The van der Waals surface area contributed by atoms with Gasteiger partial charge in [0.25, 0.3) is 5.56 Å². The van der Waals surface area contributed by atoms with E-state index in [1.165, 1.54) is 0 Å². The maximum absolute atomic E-state index is 13.8. The molecular weight excluding hydrogens is 502 g/mol. The van der Waals surface area contributed by atoms with Crippen molar-refractivity contribution < 1.29 is 4.74 Å². The summed E-state index contributed by atoms with van der Waals surface area (Å²) in [6, 6.07) is 19.9. The summed E-state index contributed by atoms with van der Waals surface area (Å²) in [6.07, 6.45) is 7.99. The Kier molecular flexibility index (Phi) is 7.37. The van der Waals surface area contributed by atoms with Crippen molar-refractivity contribution in [3.63, 3.8) is 0 Å². The monoisotopic (exact) mass is 535 g/mol. The molecule has 0 amide bonds. The van der Waals surface area contributed by atoms with Gasteiger partial charge in [0.1, 0.15) is 11.8 Å². The number of aryl methyl sites for hydroxylation is 1. The van der Waals surface area contributed by atoms with E-state index in [0.29, 0.717) is 24.5 Å². The summed E-state index contributed by atoms with van der Waals surface area (Å²) < 4.78 is 7.35. The lowest BCUT2D eigenvalue weighted by molar-refractivity contribution is 0.190. The smallest absolute Gasteiger partial charge is 0.253 e. The Morgan fingerprint density at radius 3 is 2.60 bits per heavy atom. The lowest BCUT2D eigenvalue weighted by atomic mass is 10.0. The van der Waals surface area contributed by atoms with Crippen LogP contribution in [0.1, 0.15) is 65.8 Å². The molecular formula is C31H33N7O2. The predicted octanol–water partition coefficient (Wildman–Crippen LogP) is 5.13. The second kappa shape index (κ2) is 11.4. The van der Waals surface area contributed by atoms with Gasteiger partial charge in [-0.1, -0.05) is 43.2 Å². The van der Waals surface area contributed by atoms with Gasteiger partial charge in [-0.15, -0.1) is 5.10 Å². The van der Waals surface area contributed by atoms with Gasteiger partial charge in [0, 0.05) is 36.6 Å². The van der Waals surface area contributed by atoms with Crippen LogP contribution in [0.2, 0.25) is 0 Å². The zero-order valence-electron chi connectivity index (χ0n) is 22.8. The second-order valence-corrected chi connectivity index (χ2v) is 10.6. The Morgan fingerprint density at radius 2 is 1.85 bits per heavy atom. The molecule has 2 aromatic carbocycles. The van der Waals surface area contributed by atoms with Crippen LogP contribution in [-0.4, -0.2) is 42.2 Å². The van der Waals surface area contributed by atoms with Crippen LogP contribution in [0.4, 0.5) is 0 Å². The molecule has 204 valence electrons. The molecule has 0 spiro atoms. The fraction of sp³-hybridized carbons (Fsp3) is 0.323. The highest BCUT2D eigenvalue weighted by molar-refractivity contribution is 5.79. The van der Waals surface area contributed by atoms with Gasteiger partial charge in [-0.05, 0) is 82.6 Å². The summed E-state index contributed by atoms with van der Waals surface area (Å²) >= 11 is 0. The standard InChI is InChI=1S/C31H33N7O2/c1-21-9-12-24-17-27(31(39)33-28(24)16-21)29(30-34-35-36-38(30)25-7-3-4-8-25)37(20-23-6-5-15-32-18-23)19-22-10-13-26(40-2)14-11-22/h5-6,9-18,25,29H,3-4,7-8,19-20H2,1-2H3,(H,33,39)/t29-/m1/s1. The summed E-state index contributed by atoms with van der Waals surface area (Å²) in [7, 11) is 1.66. The number of methoxy groups -OCH3 is 1. The molecule has 3 heterocycles. The van der Waals surface area contributed by atoms with E-state index in [-0.39, 0.29) is 11.6 Å². The first-order chi connectivity index (χ1) is 19.6. The molecule has 5 aromatic rings. The van der Waals surface area contributed by atoms with Crippen molar-refractivity contribution in [2.75, 3.05) is 7.11 Å². The normalized spacial score (nSPS) is 14.7. The number of aromatic amines is 1. The third kappa shape index (κ3) is 5.37. The largest absolute Gasteiger partial charge is 0.497 e. The molecule has 1 saturated carbocycles. The summed E-state index contributed by atoms with van der Waals surface area (Å²) in [5.41, 5.74) is 4.50. The topological polar surface area (TPSA) is 102 Å². The fourth-order valence-electron chi connectivity index (χ4n) is 5.75. The average molecular weight is 536 g/mol. The number of hydrogen-bond donors (Lipinski definition) is 1. The molecule has 1 atom stereocenters. The van der Waals surface area contributed by atoms with E-state index in [1.54, 1.807) is 13.3 Å². The first kappa shape index (κ1) is 25.9. The van der Waals surface area contributed by atoms with E-state index in [9.17, 15) is 4.79 Å². The third-order valence-corrected chi connectivity index (χ3v) is 7.78. The van der Waals surface area contributed by atoms with Gasteiger partial charge in [0.05, 0.1) is 13.2 Å². The number of hydrogen-bond acceptors (Lipinski definition) is 7. The molecule has 6 rings (SSSR count). The zero-order valence-corrected chi connectivity index (χ0v) is 22.8. The molecule has 9 heteroatoms. The molecule has 0 saturated heterocycles. The van der Waals surface area contributed by atoms with E-state index in [4.69, 9.17) is 4.74 Å². The van der Waals surface area contributed by atoms with Crippen LogP contribution in [0, 0.1) is 6.92 Å². The van der Waals surface area contributed by atoms with Crippen molar-refractivity contribution in [3.8, 4) is 5.75 Å². The highest BCUT2D eigenvalue weighted by Gasteiger charge is 2.33. The molecule has 0 radical (unpaired) electrons. The van der Waals surface area contributed by atoms with Gasteiger partial charge in [0.15, 0.2) is 5.82 Å². The Morgan fingerprint density at radius 1 is 1.05 bits per heavy atom. The summed E-state index contributed by atoms with van der Waals surface area (Å²) in [5, 5.41) is 14.1. The van der Waals surface area contributed by atoms with Gasteiger partial charge < -0.3 is 9.72 Å². The number of benzene rings is 2. The van der Waals surface area contributed by atoms with E-state index >= 15 is 0 Å². The van der Waals surface area contributed by atoms with Gasteiger partial charge in [-0.3, -0.25) is 14.7 Å². The van der Waals surface area contributed by atoms with Crippen LogP contribution in [-0.2, 0) is 13.1 Å². The lowest BCUT2D eigenvalue weighted by Crippen LogP contribution is -2.35. The number of nitrogens with zero attached hydrogens (tertiary/aromatic N) is 6. The van der Waals surface area contributed by atoms with Crippen molar-refractivity contribution in [1.82, 2.24) is 35.1 Å². The summed E-state index contributed by atoms with van der Waals surface area (Å²) in [4.78, 5) is 23.6. The highest BCUT2D eigenvalue weighted by atomic mass is 16.5. The SMILES string of the molecule is COc1ccc(CN(Cc2cccnc2)[C@H](c2cc3ccc(C)cc3[nH]c2=O)c2nnnn2C2CCCC2)cc1. The van der Waals surface area contributed by atoms with Crippen LogP contribution in [0.15, 0.2) is 77.9 Å². The number of aromatic nitrogens is 6. The molecule has 0 unspecified atom stereocenters. The van der Waals surface area contributed by atoms with Crippen LogP contribution in [0.25, 0.3) is 10.9 Å². The maximum Gasteiger partial charge on any atom is 0.253 e. The Bertz CT molecular complexity index is 1640. The number of rotatable bonds is 9. The molecule has 1 fully saturated rings. The van der Waals surface area contributed by atoms with Crippen LogP contribution in [0.5, 0.6) is 5.75 Å². The van der Waals surface area contributed by atoms with E-state index in [0.717, 1.165) is 59.0 Å². The van der Waals surface area contributed by atoms with Crippen LogP contribution < -0.4 is 10.3 Å². The number of H-pyrrole nitrogens is 1. The predicted molar refractivity (Wildman–Crippen MR) is 153 cm³/mol. The van der Waals surface area contributed by atoms with Crippen molar-refractivity contribution in [2.24, 2.45) is 0 Å². The molecule has 1 N–H and O–H groups in total. The Hall–Kier alpha value is -4.37. The van der Waals surface area contributed by atoms with Crippen molar-refractivity contribution >= 4 is 10.9 Å². The number of nitrogens with one attached hydrogen (secondary N) is 1.